The lowest BCUT2D eigenvalue weighted by atomic mass is 9.69. The molecule has 3 heterocycles. The van der Waals surface area contributed by atoms with Crippen LogP contribution in [-0.4, -0.2) is 59.5 Å². The summed E-state index contributed by atoms with van der Waals surface area (Å²) >= 11 is 0. The Balaban J connectivity index is 1.53. The van der Waals surface area contributed by atoms with Crippen molar-refractivity contribution in [2.75, 3.05) is 38.2 Å². The summed E-state index contributed by atoms with van der Waals surface area (Å²) < 4.78 is 0. The first-order valence-electron chi connectivity index (χ1n) is 9.17. The van der Waals surface area contributed by atoms with Crippen LogP contribution >= 0.6 is 0 Å². The Hall–Kier alpha value is -1.98. The Labute approximate surface area is 149 Å². The molecule has 2 saturated heterocycles. The lowest BCUT2D eigenvalue weighted by Gasteiger charge is -2.53. The van der Waals surface area contributed by atoms with Crippen LogP contribution in [0, 0.1) is 5.41 Å². The molecular formula is C20H26N4O. The van der Waals surface area contributed by atoms with Gasteiger partial charge in [0.15, 0.2) is 5.82 Å². The van der Waals surface area contributed by atoms with Crippen LogP contribution in [-0.2, 0) is 0 Å². The van der Waals surface area contributed by atoms with Gasteiger partial charge >= 0.3 is 0 Å². The van der Waals surface area contributed by atoms with E-state index in [4.69, 9.17) is 0 Å². The van der Waals surface area contributed by atoms with E-state index in [0.717, 1.165) is 49.6 Å². The summed E-state index contributed by atoms with van der Waals surface area (Å²) in [6.07, 6.45) is 3.32. The number of anilines is 1. The highest BCUT2D eigenvalue weighted by molar-refractivity contribution is 5.59. The Morgan fingerprint density at radius 3 is 2.64 bits per heavy atom. The van der Waals surface area contributed by atoms with E-state index in [1.807, 2.05) is 18.2 Å². The Morgan fingerprint density at radius 2 is 1.92 bits per heavy atom. The molecule has 2 aliphatic heterocycles. The molecule has 0 spiro atoms. The fourth-order valence-electron chi connectivity index (χ4n) is 4.48. The first kappa shape index (κ1) is 16.5. The summed E-state index contributed by atoms with van der Waals surface area (Å²) in [5, 5.41) is 19.0. The van der Waals surface area contributed by atoms with Crippen molar-refractivity contribution in [2.24, 2.45) is 5.41 Å². The minimum absolute atomic E-state index is 0.0565. The maximum atomic E-state index is 10.0. The van der Waals surface area contributed by atoms with E-state index in [9.17, 15) is 5.11 Å². The van der Waals surface area contributed by atoms with Crippen molar-refractivity contribution in [2.45, 2.75) is 25.3 Å². The smallest absolute Gasteiger partial charge is 0.151 e. The van der Waals surface area contributed by atoms with Crippen LogP contribution in [0.1, 0.15) is 19.3 Å². The van der Waals surface area contributed by atoms with Crippen LogP contribution in [0.2, 0.25) is 0 Å². The molecule has 132 valence electrons. The molecule has 0 unspecified atom stereocenters. The summed E-state index contributed by atoms with van der Waals surface area (Å²) in [5.74, 6) is 0.935. The summed E-state index contributed by atoms with van der Waals surface area (Å²) in [4.78, 5) is 4.74. The Bertz CT molecular complexity index is 705. The van der Waals surface area contributed by atoms with Crippen LogP contribution in [0.3, 0.4) is 0 Å². The number of aliphatic hydroxyl groups is 1. The van der Waals surface area contributed by atoms with Crippen molar-refractivity contribution in [1.29, 1.82) is 0 Å². The number of hydrogen-bond donors (Lipinski definition) is 1. The summed E-state index contributed by atoms with van der Waals surface area (Å²) in [5.41, 5.74) is 2.05. The fraction of sp³-hybridized carbons (Fsp3) is 0.500. The second-order valence-electron chi connectivity index (χ2n) is 7.46. The molecule has 5 nitrogen and oxygen atoms in total. The zero-order chi connectivity index (χ0) is 17.3. The van der Waals surface area contributed by atoms with Gasteiger partial charge in [-0.25, -0.2) is 0 Å². The zero-order valence-electron chi connectivity index (χ0n) is 14.8. The van der Waals surface area contributed by atoms with Gasteiger partial charge in [0.1, 0.15) is 0 Å². The first-order valence-corrected chi connectivity index (χ1v) is 9.17. The number of aliphatic hydroxyl groups excluding tert-OH is 1. The normalized spacial score (nSPS) is 27.1. The number of hydrogen-bond acceptors (Lipinski definition) is 5. The van der Waals surface area contributed by atoms with E-state index in [1.54, 1.807) is 0 Å². The highest BCUT2D eigenvalue weighted by Gasteiger charge is 2.46. The molecule has 1 N–H and O–H groups in total. The average Bonchev–Trinajstić information content (AvgIpc) is 2.69. The van der Waals surface area contributed by atoms with Gasteiger partial charge in [-0.05, 0) is 45.0 Å². The van der Waals surface area contributed by atoms with Crippen molar-refractivity contribution >= 4 is 5.82 Å². The van der Waals surface area contributed by atoms with Gasteiger partial charge in [0.05, 0.1) is 12.3 Å². The Morgan fingerprint density at radius 1 is 1.08 bits per heavy atom. The topological polar surface area (TPSA) is 52.5 Å². The van der Waals surface area contributed by atoms with Gasteiger partial charge < -0.3 is 14.9 Å². The molecule has 0 amide bonds. The number of nitrogens with zero attached hydrogens (tertiary/aromatic N) is 4. The number of fused-ring (bicyclic) bond motifs is 1. The minimum Gasteiger partial charge on any atom is -0.396 e. The molecule has 0 aliphatic carbocycles. The average molecular weight is 338 g/mol. The lowest BCUT2D eigenvalue weighted by molar-refractivity contribution is -0.0277. The highest BCUT2D eigenvalue weighted by Crippen LogP contribution is 2.42. The summed E-state index contributed by atoms with van der Waals surface area (Å²) in [6.45, 7) is 3.24. The number of rotatable bonds is 3. The van der Waals surface area contributed by atoms with Crippen LogP contribution in [0.5, 0.6) is 0 Å². The molecule has 5 heteroatoms. The number of piperidine rings is 2. The summed E-state index contributed by atoms with van der Waals surface area (Å²) in [6, 6.07) is 14.7. The Kier molecular flexibility index (Phi) is 4.44. The predicted molar refractivity (Wildman–Crippen MR) is 99.5 cm³/mol. The standard InChI is InChI=1S/C20H26N4O/c1-23-12-5-10-20(15-25)11-13-24(14-18(20)23)19-9-8-17(21-22-19)16-6-3-2-4-7-16/h2-4,6-9,18,25H,5,10-15H2,1H3/t18-,20-/m1/s1. The van der Waals surface area contributed by atoms with Crippen LogP contribution in [0.4, 0.5) is 5.82 Å². The molecule has 2 aromatic rings. The maximum Gasteiger partial charge on any atom is 0.151 e. The quantitative estimate of drug-likeness (QED) is 0.931. The van der Waals surface area contributed by atoms with Crippen molar-refractivity contribution < 1.29 is 5.11 Å². The monoisotopic (exact) mass is 338 g/mol. The number of likely N-dealkylation sites (N-methyl/N-ethyl adjacent to an activating group) is 1. The lowest BCUT2D eigenvalue weighted by Crippen LogP contribution is -2.61. The van der Waals surface area contributed by atoms with Gasteiger partial charge in [-0.1, -0.05) is 30.3 Å². The number of likely N-dealkylation sites (tertiary alicyclic amines) is 1. The second kappa shape index (κ2) is 6.73. The van der Waals surface area contributed by atoms with E-state index in [-0.39, 0.29) is 12.0 Å². The molecule has 1 aromatic heterocycles. The molecule has 0 radical (unpaired) electrons. The maximum absolute atomic E-state index is 10.0. The number of aromatic nitrogens is 2. The van der Waals surface area contributed by atoms with Crippen LogP contribution in [0.25, 0.3) is 11.3 Å². The third kappa shape index (κ3) is 3.02. The zero-order valence-corrected chi connectivity index (χ0v) is 14.8. The molecule has 2 atom stereocenters. The number of benzene rings is 1. The summed E-state index contributed by atoms with van der Waals surface area (Å²) in [7, 11) is 2.18. The van der Waals surface area contributed by atoms with E-state index in [2.05, 4.69) is 51.3 Å². The van der Waals surface area contributed by atoms with Gasteiger partial charge in [-0.15, -0.1) is 10.2 Å². The predicted octanol–water partition coefficient (Wildman–Crippen LogP) is 2.43. The molecule has 0 bridgehead atoms. The third-order valence-corrected chi connectivity index (χ3v) is 6.06. The van der Waals surface area contributed by atoms with Crippen molar-refractivity contribution in [3.8, 4) is 11.3 Å². The van der Waals surface area contributed by atoms with E-state index >= 15 is 0 Å². The molecule has 1 aromatic carbocycles. The van der Waals surface area contributed by atoms with E-state index in [0.29, 0.717) is 6.04 Å². The highest BCUT2D eigenvalue weighted by atomic mass is 16.3. The fourth-order valence-corrected chi connectivity index (χ4v) is 4.48. The van der Waals surface area contributed by atoms with E-state index in [1.165, 1.54) is 6.42 Å². The second-order valence-corrected chi connectivity index (χ2v) is 7.46. The molecule has 0 saturated carbocycles. The van der Waals surface area contributed by atoms with Crippen LogP contribution in [0.15, 0.2) is 42.5 Å². The first-order chi connectivity index (χ1) is 12.2. The molecule has 25 heavy (non-hydrogen) atoms. The molecule has 2 fully saturated rings. The van der Waals surface area contributed by atoms with Gasteiger partial charge in [0.2, 0.25) is 0 Å². The van der Waals surface area contributed by atoms with Crippen LogP contribution < -0.4 is 4.90 Å². The third-order valence-electron chi connectivity index (χ3n) is 6.06. The van der Waals surface area contributed by atoms with Gasteiger partial charge in [0, 0.05) is 30.1 Å². The minimum atomic E-state index is 0.0565. The van der Waals surface area contributed by atoms with Gasteiger partial charge in [-0.3, -0.25) is 0 Å². The van der Waals surface area contributed by atoms with Crippen molar-refractivity contribution in [1.82, 2.24) is 15.1 Å². The van der Waals surface area contributed by atoms with E-state index < -0.39 is 0 Å². The van der Waals surface area contributed by atoms with Gasteiger partial charge in [-0.2, -0.15) is 0 Å². The molecule has 2 aliphatic rings. The molecular weight excluding hydrogens is 312 g/mol. The largest absolute Gasteiger partial charge is 0.396 e. The SMILES string of the molecule is CN1CCC[C@]2(CO)CCN(c3ccc(-c4ccccc4)nn3)C[C@@H]12. The van der Waals surface area contributed by atoms with Gasteiger partial charge in [0.25, 0.3) is 0 Å². The van der Waals surface area contributed by atoms with Crippen molar-refractivity contribution in [3.05, 3.63) is 42.5 Å². The molecule has 4 rings (SSSR count). The van der Waals surface area contributed by atoms with Crippen molar-refractivity contribution in [3.63, 3.8) is 0 Å².